The van der Waals surface area contributed by atoms with Crippen LogP contribution in [0, 0.1) is 17.8 Å². The van der Waals surface area contributed by atoms with Gasteiger partial charge in [-0.2, -0.15) is 0 Å². The number of hydrogen-bond acceptors (Lipinski definition) is 7. The zero-order chi connectivity index (χ0) is 39.1. The molecule has 5 aromatic rings. The molecule has 2 aromatic heterocycles. The summed E-state index contributed by atoms with van der Waals surface area (Å²) in [7, 11) is 5.15. The van der Waals surface area contributed by atoms with Gasteiger partial charge in [-0.25, -0.2) is 14.8 Å². The Bertz CT molecular complexity index is 2150. The molecule has 3 aromatic carbocycles. The van der Waals surface area contributed by atoms with Gasteiger partial charge in [-0.3, -0.25) is 14.5 Å². The summed E-state index contributed by atoms with van der Waals surface area (Å²) < 4.78 is 4.66. The normalized spacial score (nSPS) is 15.6. The molecule has 6 rings (SSSR count). The number of aromatic nitrogens is 4. The smallest absolute Gasteiger partial charge is 0.407 e. The van der Waals surface area contributed by atoms with Gasteiger partial charge in [0.05, 0.1) is 43.0 Å². The van der Waals surface area contributed by atoms with Crippen molar-refractivity contribution >= 4 is 17.9 Å². The number of alkyl carbamates (subject to hydrolysis) is 1. The first kappa shape index (κ1) is 38.5. The van der Waals surface area contributed by atoms with Crippen molar-refractivity contribution in [2.24, 2.45) is 5.92 Å². The van der Waals surface area contributed by atoms with Crippen LogP contribution in [0.5, 0.6) is 0 Å². The van der Waals surface area contributed by atoms with Crippen LogP contribution in [-0.4, -0.2) is 81.4 Å². The predicted octanol–water partition coefficient (Wildman–Crippen LogP) is 6.39. The number of carbonyl (C=O) groups is 3. The molecule has 0 radical (unpaired) electrons. The molecule has 1 saturated heterocycles. The van der Waals surface area contributed by atoms with Crippen molar-refractivity contribution in [3.05, 3.63) is 120 Å². The fourth-order valence-corrected chi connectivity index (χ4v) is 6.83. The quantitative estimate of drug-likeness (QED) is 0.115. The SMILES string of the molecule is COC(=O)N[C@H](C(=O)N[C@@H](C)c1ncc(-c2ccc(C#Cc3ccc(-c4cnc([C@@H]5CCCN5C(=O)[C@@H](c5ccccc5)N(C)C)[nH]4)cc3)cc2)[nH]1)C(C)C. The van der Waals surface area contributed by atoms with Crippen LogP contribution in [0.3, 0.4) is 0 Å². The van der Waals surface area contributed by atoms with Gasteiger partial charge >= 0.3 is 6.09 Å². The van der Waals surface area contributed by atoms with E-state index < -0.39 is 18.2 Å². The topological polar surface area (TPSA) is 148 Å². The number of ether oxygens (including phenoxy) is 1. The zero-order valence-electron chi connectivity index (χ0n) is 32.1. The summed E-state index contributed by atoms with van der Waals surface area (Å²) in [6.45, 7) is 6.23. The lowest BCUT2D eigenvalue weighted by Gasteiger charge is -2.31. The summed E-state index contributed by atoms with van der Waals surface area (Å²) in [5.74, 6) is 7.52. The fraction of sp³-hybridized carbons (Fsp3) is 0.326. The Kier molecular flexibility index (Phi) is 12.1. The first-order valence-electron chi connectivity index (χ1n) is 18.5. The molecule has 1 aliphatic rings. The van der Waals surface area contributed by atoms with Crippen molar-refractivity contribution in [2.75, 3.05) is 27.7 Å². The summed E-state index contributed by atoms with van der Waals surface area (Å²) in [5, 5.41) is 5.50. The minimum Gasteiger partial charge on any atom is -0.453 e. The lowest BCUT2D eigenvalue weighted by atomic mass is 10.0. The van der Waals surface area contributed by atoms with E-state index in [1.165, 1.54) is 7.11 Å². The van der Waals surface area contributed by atoms with Gasteiger partial charge in [-0.05, 0) is 80.7 Å². The summed E-state index contributed by atoms with van der Waals surface area (Å²) in [6, 6.07) is 24.2. The third kappa shape index (κ3) is 9.13. The second-order valence-electron chi connectivity index (χ2n) is 14.3. The molecule has 284 valence electrons. The Balaban J connectivity index is 1.06. The second-order valence-corrected chi connectivity index (χ2v) is 14.3. The number of amides is 3. The maximum atomic E-state index is 13.8. The van der Waals surface area contributed by atoms with Crippen molar-refractivity contribution < 1.29 is 19.1 Å². The van der Waals surface area contributed by atoms with Crippen LogP contribution in [0.15, 0.2) is 91.3 Å². The Morgan fingerprint density at radius 2 is 1.44 bits per heavy atom. The van der Waals surface area contributed by atoms with Gasteiger partial charge in [-0.1, -0.05) is 80.3 Å². The Morgan fingerprint density at radius 3 is 2.02 bits per heavy atom. The molecule has 0 unspecified atom stereocenters. The highest BCUT2D eigenvalue weighted by Crippen LogP contribution is 2.35. The molecule has 4 atom stereocenters. The van der Waals surface area contributed by atoms with Gasteiger partial charge in [0.25, 0.3) is 0 Å². The van der Waals surface area contributed by atoms with E-state index in [0.717, 1.165) is 57.9 Å². The maximum Gasteiger partial charge on any atom is 0.407 e. The second kappa shape index (κ2) is 17.3. The molecular weight excluding hydrogens is 693 g/mol. The third-order valence-electron chi connectivity index (χ3n) is 9.83. The number of carbonyl (C=O) groups excluding carboxylic acids is 3. The minimum absolute atomic E-state index is 0.0883. The van der Waals surface area contributed by atoms with Crippen molar-refractivity contribution in [1.82, 2.24) is 40.4 Å². The predicted molar refractivity (Wildman–Crippen MR) is 211 cm³/mol. The summed E-state index contributed by atoms with van der Waals surface area (Å²) >= 11 is 0. The van der Waals surface area contributed by atoms with E-state index in [-0.39, 0.29) is 29.8 Å². The molecule has 0 spiro atoms. The van der Waals surface area contributed by atoms with Crippen molar-refractivity contribution in [1.29, 1.82) is 0 Å². The van der Waals surface area contributed by atoms with Crippen molar-refractivity contribution in [2.45, 2.75) is 57.8 Å². The zero-order valence-corrected chi connectivity index (χ0v) is 32.1. The molecule has 3 amide bonds. The number of hydrogen-bond donors (Lipinski definition) is 4. The van der Waals surface area contributed by atoms with E-state index in [4.69, 9.17) is 4.98 Å². The van der Waals surface area contributed by atoms with Crippen LogP contribution in [0.25, 0.3) is 22.5 Å². The van der Waals surface area contributed by atoms with Gasteiger partial charge in [0, 0.05) is 17.7 Å². The lowest BCUT2D eigenvalue weighted by Crippen LogP contribution is -2.50. The first-order valence-corrected chi connectivity index (χ1v) is 18.5. The Labute approximate surface area is 322 Å². The van der Waals surface area contributed by atoms with E-state index in [1.54, 1.807) is 6.20 Å². The van der Waals surface area contributed by atoms with E-state index in [2.05, 4.69) is 42.2 Å². The van der Waals surface area contributed by atoms with Crippen LogP contribution in [0.1, 0.15) is 80.1 Å². The highest BCUT2D eigenvalue weighted by atomic mass is 16.5. The van der Waals surface area contributed by atoms with E-state index in [0.29, 0.717) is 12.4 Å². The molecule has 55 heavy (non-hydrogen) atoms. The van der Waals surface area contributed by atoms with Crippen molar-refractivity contribution in [3.8, 4) is 34.4 Å². The number of methoxy groups -OCH3 is 1. The maximum absolute atomic E-state index is 13.8. The minimum atomic E-state index is -0.740. The molecule has 4 N–H and O–H groups in total. The highest BCUT2D eigenvalue weighted by Gasteiger charge is 2.37. The van der Waals surface area contributed by atoms with Gasteiger partial charge < -0.3 is 30.2 Å². The van der Waals surface area contributed by atoms with Gasteiger partial charge in [0.1, 0.15) is 23.7 Å². The molecule has 0 bridgehead atoms. The fourth-order valence-electron chi connectivity index (χ4n) is 6.83. The van der Waals surface area contributed by atoms with E-state index in [1.807, 2.05) is 130 Å². The summed E-state index contributed by atoms with van der Waals surface area (Å²) in [4.78, 5) is 58.4. The van der Waals surface area contributed by atoms with Crippen LogP contribution in [-0.2, 0) is 14.3 Å². The van der Waals surface area contributed by atoms with E-state index >= 15 is 0 Å². The molecule has 0 aliphatic carbocycles. The number of likely N-dealkylation sites (tertiary alicyclic amines) is 1. The average Bonchev–Trinajstić information content (AvgIpc) is 3.98. The number of aromatic amines is 2. The molecule has 12 nitrogen and oxygen atoms in total. The molecule has 1 aliphatic heterocycles. The Morgan fingerprint density at radius 1 is 0.836 bits per heavy atom. The number of rotatable bonds is 11. The molecule has 12 heteroatoms. The first-order chi connectivity index (χ1) is 26.5. The monoisotopic (exact) mass is 740 g/mol. The number of nitrogens with zero attached hydrogens (tertiary/aromatic N) is 4. The summed E-state index contributed by atoms with van der Waals surface area (Å²) in [6.07, 6.45) is 4.70. The van der Waals surface area contributed by atoms with Gasteiger partial charge in [-0.15, -0.1) is 0 Å². The third-order valence-corrected chi connectivity index (χ3v) is 9.83. The molecule has 3 heterocycles. The van der Waals surface area contributed by atoms with E-state index in [9.17, 15) is 14.4 Å². The van der Waals surface area contributed by atoms with Crippen LogP contribution < -0.4 is 10.6 Å². The lowest BCUT2D eigenvalue weighted by molar-refractivity contribution is -0.137. The standard InChI is InChI=1S/C43H48N8O4/c1-27(2)37(49-43(54)55-6)41(52)46-28(3)39-44-25-34(47-39)31-20-16-29(17-21-31)14-15-30-18-22-32(23-19-30)35-26-45-40(48-35)36-13-10-24-51(36)42(53)38(50(4)5)33-11-8-7-9-12-33/h7-9,11-12,16-23,25-28,36-38H,10,13,24H2,1-6H3,(H,44,47)(H,45,48)(H,46,52)(H,49,54)/t28-,36-,37-,38+/m0/s1. The van der Waals surface area contributed by atoms with Gasteiger partial charge in [0.15, 0.2) is 0 Å². The number of likely N-dealkylation sites (N-methyl/N-ethyl adjacent to an activating group) is 1. The van der Waals surface area contributed by atoms with Crippen molar-refractivity contribution in [3.63, 3.8) is 0 Å². The summed E-state index contributed by atoms with van der Waals surface area (Å²) in [5.41, 5.74) is 6.35. The van der Waals surface area contributed by atoms with Gasteiger partial charge in [0.2, 0.25) is 11.8 Å². The van der Waals surface area contributed by atoms with Crippen LogP contribution in [0.4, 0.5) is 4.79 Å². The number of benzene rings is 3. The number of nitrogens with one attached hydrogen (secondary N) is 4. The Hall–Kier alpha value is -6.19. The molecule has 1 fully saturated rings. The van der Waals surface area contributed by atoms with Crippen LogP contribution >= 0.6 is 0 Å². The number of H-pyrrole nitrogens is 2. The molecule has 0 saturated carbocycles. The number of imidazole rings is 2. The largest absolute Gasteiger partial charge is 0.453 e. The van der Waals surface area contributed by atoms with Crippen LogP contribution in [0.2, 0.25) is 0 Å². The molecular formula is C43H48N8O4. The highest BCUT2D eigenvalue weighted by molar-refractivity contribution is 5.86. The average molecular weight is 741 g/mol.